The predicted molar refractivity (Wildman–Crippen MR) is 70.5 cm³/mol. The molecule has 0 bridgehead atoms. The van der Waals surface area contributed by atoms with Crippen LogP contribution in [0.5, 0.6) is 0 Å². The van der Waals surface area contributed by atoms with Crippen molar-refractivity contribution in [3.63, 3.8) is 0 Å². The number of amides is 2. The Labute approximate surface area is 107 Å². The lowest BCUT2D eigenvalue weighted by Gasteiger charge is -2.15. The van der Waals surface area contributed by atoms with E-state index in [1.165, 1.54) is 5.01 Å². The number of thioether (sulfide) groups is 1. The molecule has 4 nitrogen and oxygen atoms in total. The molecule has 0 aliphatic carbocycles. The summed E-state index contributed by atoms with van der Waals surface area (Å²) in [5, 5.41) is 1.06. The molecule has 1 saturated heterocycles. The van der Waals surface area contributed by atoms with Crippen LogP contribution in [-0.2, 0) is 9.59 Å². The molecule has 0 spiro atoms. The van der Waals surface area contributed by atoms with Gasteiger partial charge in [-0.15, -0.1) is 11.8 Å². The molecule has 98 valence electrons. The van der Waals surface area contributed by atoms with Crippen molar-refractivity contribution in [3.05, 3.63) is 0 Å². The number of hydrazine groups is 1. The largest absolute Gasteiger partial charge is 0.273 e. The highest BCUT2D eigenvalue weighted by molar-refractivity contribution is 8.00. The Morgan fingerprint density at radius 2 is 2.06 bits per heavy atom. The van der Waals surface area contributed by atoms with Gasteiger partial charge in [-0.1, -0.05) is 26.7 Å². The number of nitrogens with zero attached hydrogens (tertiary/aromatic N) is 1. The molecule has 1 atom stereocenters. The molecule has 5 heteroatoms. The standard InChI is InChI=1S/C12H22N2O2S/c1-3-5-6-7-13-14-11(15)9-10(12(14)16)17-8-4-2/h10,13H,3-9H2,1-2H3. The molecular formula is C12H22N2O2S. The van der Waals surface area contributed by atoms with E-state index in [1.807, 2.05) is 0 Å². The molecule has 0 aromatic rings. The highest BCUT2D eigenvalue weighted by Crippen LogP contribution is 2.24. The van der Waals surface area contributed by atoms with Crippen LogP contribution in [0.15, 0.2) is 0 Å². The highest BCUT2D eigenvalue weighted by atomic mass is 32.2. The van der Waals surface area contributed by atoms with E-state index < -0.39 is 0 Å². The Morgan fingerprint density at radius 1 is 1.29 bits per heavy atom. The van der Waals surface area contributed by atoms with Gasteiger partial charge in [0.2, 0.25) is 5.91 Å². The number of hydrogen-bond acceptors (Lipinski definition) is 4. The molecule has 17 heavy (non-hydrogen) atoms. The van der Waals surface area contributed by atoms with Crippen LogP contribution in [0.3, 0.4) is 0 Å². The van der Waals surface area contributed by atoms with E-state index in [2.05, 4.69) is 19.3 Å². The Morgan fingerprint density at radius 3 is 2.71 bits per heavy atom. The zero-order valence-corrected chi connectivity index (χ0v) is 11.5. The molecule has 2 amide bonds. The van der Waals surface area contributed by atoms with E-state index in [9.17, 15) is 9.59 Å². The number of hydrogen-bond donors (Lipinski definition) is 1. The molecule has 0 aromatic carbocycles. The average Bonchev–Trinajstić information content (AvgIpc) is 2.58. The first-order chi connectivity index (χ1) is 8.20. The van der Waals surface area contributed by atoms with Crippen molar-refractivity contribution in [1.82, 2.24) is 10.4 Å². The number of imide groups is 1. The van der Waals surface area contributed by atoms with Gasteiger partial charge in [-0.25, -0.2) is 10.4 Å². The smallest absolute Gasteiger partial charge is 0.257 e. The van der Waals surface area contributed by atoms with Crippen LogP contribution < -0.4 is 5.43 Å². The Bertz CT molecular complexity index is 271. The lowest BCUT2D eigenvalue weighted by Crippen LogP contribution is -2.43. The van der Waals surface area contributed by atoms with Gasteiger partial charge in [0.25, 0.3) is 5.91 Å². The highest BCUT2D eigenvalue weighted by Gasteiger charge is 2.38. The zero-order chi connectivity index (χ0) is 12.7. The Kier molecular flexibility index (Phi) is 6.58. The van der Waals surface area contributed by atoms with Gasteiger partial charge >= 0.3 is 0 Å². The molecule has 1 aliphatic rings. The molecule has 0 aromatic heterocycles. The first kappa shape index (κ1) is 14.5. The van der Waals surface area contributed by atoms with Crippen molar-refractivity contribution < 1.29 is 9.59 Å². The maximum absolute atomic E-state index is 11.9. The molecule has 1 aliphatic heterocycles. The Balaban J connectivity index is 2.34. The van der Waals surface area contributed by atoms with Gasteiger partial charge in [-0.3, -0.25) is 9.59 Å². The summed E-state index contributed by atoms with van der Waals surface area (Å²) in [4.78, 5) is 23.6. The second-order valence-corrected chi connectivity index (χ2v) is 5.56. The van der Waals surface area contributed by atoms with Crippen molar-refractivity contribution in [2.24, 2.45) is 0 Å². The third-order valence-corrected chi connectivity index (χ3v) is 4.09. The molecule has 1 fully saturated rings. The fourth-order valence-corrected chi connectivity index (χ4v) is 2.76. The van der Waals surface area contributed by atoms with Crippen molar-refractivity contribution in [2.75, 3.05) is 12.3 Å². The van der Waals surface area contributed by atoms with Crippen molar-refractivity contribution in [3.8, 4) is 0 Å². The Hall–Kier alpha value is -0.550. The van der Waals surface area contributed by atoms with Crippen LogP contribution in [0.25, 0.3) is 0 Å². The van der Waals surface area contributed by atoms with E-state index in [4.69, 9.17) is 0 Å². The van der Waals surface area contributed by atoms with Gasteiger partial charge in [0.05, 0.1) is 5.25 Å². The summed E-state index contributed by atoms with van der Waals surface area (Å²) >= 11 is 1.59. The molecule has 1 rings (SSSR count). The summed E-state index contributed by atoms with van der Waals surface area (Å²) in [6.45, 7) is 4.91. The first-order valence-electron chi connectivity index (χ1n) is 6.42. The minimum atomic E-state index is -0.166. The van der Waals surface area contributed by atoms with E-state index in [-0.39, 0.29) is 17.1 Å². The number of carbonyl (C=O) groups excluding carboxylic acids is 2. The average molecular weight is 258 g/mol. The summed E-state index contributed by atoms with van der Waals surface area (Å²) in [6.07, 6.45) is 4.65. The third kappa shape index (κ3) is 4.32. The predicted octanol–water partition coefficient (Wildman–Crippen LogP) is 1.95. The van der Waals surface area contributed by atoms with Gasteiger partial charge in [0.15, 0.2) is 0 Å². The van der Waals surface area contributed by atoms with Crippen LogP contribution in [0.1, 0.15) is 46.0 Å². The van der Waals surface area contributed by atoms with Gasteiger partial charge in [0.1, 0.15) is 0 Å². The van der Waals surface area contributed by atoms with Crippen LogP contribution in [-0.4, -0.2) is 34.4 Å². The quantitative estimate of drug-likeness (QED) is 0.534. The molecule has 1 N–H and O–H groups in total. The number of rotatable bonds is 8. The van der Waals surface area contributed by atoms with Gasteiger partial charge in [-0.2, -0.15) is 0 Å². The summed E-state index contributed by atoms with van der Waals surface area (Å²) in [7, 11) is 0. The minimum Gasteiger partial charge on any atom is -0.273 e. The lowest BCUT2D eigenvalue weighted by atomic mass is 10.2. The summed E-state index contributed by atoms with van der Waals surface area (Å²) in [5.41, 5.74) is 2.94. The fraction of sp³-hybridized carbons (Fsp3) is 0.833. The molecule has 1 heterocycles. The van der Waals surface area contributed by atoms with Crippen LogP contribution in [0.2, 0.25) is 0 Å². The van der Waals surface area contributed by atoms with Crippen molar-refractivity contribution >= 4 is 23.6 Å². The SMILES string of the molecule is CCCCCNN1C(=O)CC(SCCC)C1=O. The molecule has 1 unspecified atom stereocenters. The van der Waals surface area contributed by atoms with Crippen molar-refractivity contribution in [1.29, 1.82) is 0 Å². The fourth-order valence-electron chi connectivity index (χ4n) is 1.73. The maximum atomic E-state index is 11.9. The monoisotopic (exact) mass is 258 g/mol. The first-order valence-corrected chi connectivity index (χ1v) is 7.47. The van der Waals surface area contributed by atoms with E-state index in [0.29, 0.717) is 13.0 Å². The second-order valence-electron chi connectivity index (χ2n) is 4.25. The minimum absolute atomic E-state index is 0.0649. The third-order valence-electron chi connectivity index (χ3n) is 2.68. The molecular weight excluding hydrogens is 236 g/mol. The van der Waals surface area contributed by atoms with E-state index in [0.717, 1.165) is 31.4 Å². The van der Waals surface area contributed by atoms with Crippen molar-refractivity contribution in [2.45, 2.75) is 51.2 Å². The molecule has 0 saturated carbocycles. The lowest BCUT2D eigenvalue weighted by molar-refractivity contribution is -0.141. The van der Waals surface area contributed by atoms with Gasteiger partial charge in [0, 0.05) is 13.0 Å². The normalized spacial score (nSPS) is 20.4. The summed E-state index contributed by atoms with van der Waals surface area (Å²) in [5.74, 6) is 0.790. The van der Waals surface area contributed by atoms with E-state index >= 15 is 0 Å². The number of nitrogens with one attached hydrogen (secondary N) is 1. The molecule has 0 radical (unpaired) electrons. The van der Waals surface area contributed by atoms with Crippen LogP contribution >= 0.6 is 11.8 Å². The number of unbranched alkanes of at least 4 members (excludes halogenated alkanes) is 2. The van der Waals surface area contributed by atoms with Gasteiger partial charge in [-0.05, 0) is 18.6 Å². The van der Waals surface area contributed by atoms with Crippen LogP contribution in [0.4, 0.5) is 0 Å². The second kappa shape index (κ2) is 7.71. The number of carbonyl (C=O) groups is 2. The summed E-state index contributed by atoms with van der Waals surface area (Å²) < 4.78 is 0. The van der Waals surface area contributed by atoms with Crippen LogP contribution in [0, 0.1) is 0 Å². The zero-order valence-electron chi connectivity index (χ0n) is 10.7. The topological polar surface area (TPSA) is 49.4 Å². The van der Waals surface area contributed by atoms with Gasteiger partial charge < -0.3 is 0 Å². The summed E-state index contributed by atoms with van der Waals surface area (Å²) in [6, 6.07) is 0. The maximum Gasteiger partial charge on any atom is 0.257 e. The van der Waals surface area contributed by atoms with E-state index in [1.54, 1.807) is 11.8 Å².